The molecule has 122 valence electrons. The van der Waals surface area contributed by atoms with Gasteiger partial charge in [-0.2, -0.15) is 0 Å². The Balaban J connectivity index is 1.41. The number of imidazole rings is 1. The highest BCUT2D eigenvalue weighted by Gasteiger charge is 2.22. The lowest BCUT2D eigenvalue weighted by atomic mass is 10.1. The van der Waals surface area contributed by atoms with E-state index in [1.54, 1.807) is 12.4 Å². The summed E-state index contributed by atoms with van der Waals surface area (Å²) in [4.78, 5) is 10.7. The van der Waals surface area contributed by atoms with Gasteiger partial charge in [0, 0.05) is 55.7 Å². The average Bonchev–Trinajstić information content (AvgIpc) is 3.18. The van der Waals surface area contributed by atoms with Crippen molar-refractivity contribution in [3.8, 4) is 5.69 Å². The highest BCUT2D eigenvalue weighted by Crippen LogP contribution is 2.22. The molecule has 0 spiro atoms. The number of benzene rings is 1. The van der Waals surface area contributed by atoms with Gasteiger partial charge in [0.05, 0.1) is 19.0 Å². The smallest absolute Gasteiger partial charge is 0.0991 e. The van der Waals surface area contributed by atoms with Gasteiger partial charge in [-0.3, -0.25) is 9.88 Å². The number of ether oxygens (including phenoxy) is 1. The molecule has 5 nitrogen and oxygen atoms in total. The second kappa shape index (κ2) is 6.95. The van der Waals surface area contributed by atoms with E-state index >= 15 is 0 Å². The van der Waals surface area contributed by atoms with Crippen LogP contribution in [0.3, 0.4) is 0 Å². The van der Waals surface area contributed by atoms with Crippen molar-refractivity contribution in [3.05, 3.63) is 78.6 Å². The Morgan fingerprint density at radius 3 is 2.75 bits per heavy atom. The third kappa shape index (κ3) is 3.37. The number of hydrogen-bond donors (Lipinski definition) is 0. The fourth-order valence-electron chi connectivity index (χ4n) is 3.06. The predicted molar refractivity (Wildman–Crippen MR) is 91.8 cm³/mol. The number of morpholine rings is 1. The maximum atomic E-state index is 5.91. The number of pyridine rings is 1. The Labute approximate surface area is 141 Å². The van der Waals surface area contributed by atoms with Crippen LogP contribution in [-0.4, -0.2) is 39.1 Å². The molecule has 0 amide bonds. The maximum absolute atomic E-state index is 5.91. The lowest BCUT2D eigenvalue weighted by molar-refractivity contribution is -0.0330. The van der Waals surface area contributed by atoms with Gasteiger partial charge in [-0.25, -0.2) is 4.98 Å². The summed E-state index contributed by atoms with van der Waals surface area (Å²) in [6, 6.07) is 12.7. The molecule has 0 N–H and O–H groups in total. The second-order valence-corrected chi connectivity index (χ2v) is 6.02. The van der Waals surface area contributed by atoms with Crippen LogP contribution < -0.4 is 0 Å². The summed E-state index contributed by atoms with van der Waals surface area (Å²) in [5.74, 6) is 0. The highest BCUT2D eigenvalue weighted by atomic mass is 16.5. The lowest BCUT2D eigenvalue weighted by Crippen LogP contribution is -2.37. The van der Waals surface area contributed by atoms with Gasteiger partial charge < -0.3 is 9.30 Å². The van der Waals surface area contributed by atoms with E-state index in [0.717, 1.165) is 37.5 Å². The van der Waals surface area contributed by atoms with Crippen LogP contribution in [-0.2, 0) is 11.3 Å². The molecule has 1 saturated heterocycles. The number of hydrogen-bond acceptors (Lipinski definition) is 4. The van der Waals surface area contributed by atoms with Gasteiger partial charge in [-0.1, -0.05) is 18.2 Å². The topological polar surface area (TPSA) is 43.2 Å². The number of aromatic nitrogens is 3. The van der Waals surface area contributed by atoms with Crippen LogP contribution in [0.25, 0.3) is 5.69 Å². The van der Waals surface area contributed by atoms with Gasteiger partial charge >= 0.3 is 0 Å². The molecular weight excluding hydrogens is 300 g/mol. The molecule has 1 aliphatic rings. The molecule has 3 heterocycles. The summed E-state index contributed by atoms with van der Waals surface area (Å²) < 4.78 is 7.92. The number of nitrogens with zero attached hydrogens (tertiary/aromatic N) is 4. The Bertz CT molecular complexity index is 756. The molecule has 1 aromatic carbocycles. The lowest BCUT2D eigenvalue weighted by Gasteiger charge is -2.33. The maximum Gasteiger partial charge on any atom is 0.0991 e. The van der Waals surface area contributed by atoms with Crippen molar-refractivity contribution in [1.29, 1.82) is 0 Å². The molecule has 0 radical (unpaired) electrons. The standard InChI is InChI=1S/C19H20N4O/c1-2-17(12-20-7-1)19-14-22(10-11-24-19)13-16-3-5-18(6-4-16)23-9-8-21-15-23/h1-9,12,15,19H,10-11,13-14H2. The Morgan fingerprint density at radius 1 is 1.08 bits per heavy atom. The summed E-state index contributed by atoms with van der Waals surface area (Å²) in [6.07, 6.45) is 9.36. The number of rotatable bonds is 4. The zero-order valence-corrected chi connectivity index (χ0v) is 13.5. The summed E-state index contributed by atoms with van der Waals surface area (Å²) in [7, 11) is 0. The summed E-state index contributed by atoms with van der Waals surface area (Å²) >= 11 is 0. The van der Waals surface area contributed by atoms with E-state index in [0.29, 0.717) is 0 Å². The minimum absolute atomic E-state index is 0.109. The molecule has 0 bridgehead atoms. The molecular formula is C19H20N4O. The first-order valence-electron chi connectivity index (χ1n) is 8.20. The van der Waals surface area contributed by atoms with Crippen molar-refractivity contribution in [2.45, 2.75) is 12.6 Å². The van der Waals surface area contributed by atoms with E-state index in [9.17, 15) is 0 Å². The van der Waals surface area contributed by atoms with Crippen molar-refractivity contribution in [2.75, 3.05) is 19.7 Å². The zero-order chi connectivity index (χ0) is 16.2. The summed E-state index contributed by atoms with van der Waals surface area (Å²) in [6.45, 7) is 3.55. The first-order valence-corrected chi connectivity index (χ1v) is 8.20. The fourth-order valence-corrected chi connectivity index (χ4v) is 3.06. The Hall–Kier alpha value is -2.50. The van der Waals surface area contributed by atoms with Gasteiger partial charge in [-0.15, -0.1) is 0 Å². The molecule has 4 rings (SSSR count). The van der Waals surface area contributed by atoms with Crippen molar-refractivity contribution in [3.63, 3.8) is 0 Å². The van der Waals surface area contributed by atoms with Gasteiger partial charge in [0.2, 0.25) is 0 Å². The van der Waals surface area contributed by atoms with E-state index in [1.165, 1.54) is 5.56 Å². The van der Waals surface area contributed by atoms with Gasteiger partial charge in [0.1, 0.15) is 0 Å². The summed E-state index contributed by atoms with van der Waals surface area (Å²) in [5.41, 5.74) is 3.59. The van der Waals surface area contributed by atoms with E-state index in [2.05, 4.69) is 45.2 Å². The SMILES string of the molecule is c1cncc(C2CN(Cc3ccc(-n4ccnc4)cc3)CCO2)c1. The molecule has 1 aliphatic heterocycles. The van der Waals surface area contributed by atoms with Crippen molar-refractivity contribution < 1.29 is 4.74 Å². The predicted octanol–water partition coefficient (Wildman–Crippen LogP) is 2.84. The molecule has 0 saturated carbocycles. The minimum atomic E-state index is 0.109. The fraction of sp³-hybridized carbons (Fsp3) is 0.263. The van der Waals surface area contributed by atoms with E-state index in [4.69, 9.17) is 4.74 Å². The molecule has 5 heteroatoms. The highest BCUT2D eigenvalue weighted by molar-refractivity contribution is 5.34. The first kappa shape index (κ1) is 15.1. The van der Waals surface area contributed by atoms with E-state index in [-0.39, 0.29) is 6.10 Å². The van der Waals surface area contributed by atoms with E-state index < -0.39 is 0 Å². The van der Waals surface area contributed by atoms with Crippen molar-refractivity contribution in [1.82, 2.24) is 19.4 Å². The zero-order valence-electron chi connectivity index (χ0n) is 13.5. The van der Waals surface area contributed by atoms with Crippen LogP contribution in [0.4, 0.5) is 0 Å². The molecule has 2 aromatic heterocycles. The van der Waals surface area contributed by atoms with Gasteiger partial charge in [0.25, 0.3) is 0 Å². The van der Waals surface area contributed by atoms with Crippen LogP contribution in [0.1, 0.15) is 17.2 Å². The van der Waals surface area contributed by atoms with Crippen LogP contribution in [0.2, 0.25) is 0 Å². The van der Waals surface area contributed by atoms with Gasteiger partial charge in [-0.05, 0) is 23.8 Å². The molecule has 24 heavy (non-hydrogen) atoms. The largest absolute Gasteiger partial charge is 0.371 e. The quantitative estimate of drug-likeness (QED) is 0.741. The second-order valence-electron chi connectivity index (χ2n) is 6.02. The molecule has 3 aromatic rings. The average molecular weight is 320 g/mol. The Morgan fingerprint density at radius 2 is 2.00 bits per heavy atom. The van der Waals surface area contributed by atoms with Crippen LogP contribution >= 0.6 is 0 Å². The third-order valence-electron chi connectivity index (χ3n) is 4.35. The molecule has 0 aliphatic carbocycles. The monoisotopic (exact) mass is 320 g/mol. The Kier molecular flexibility index (Phi) is 4.36. The molecule has 1 fully saturated rings. The van der Waals surface area contributed by atoms with Crippen LogP contribution in [0.15, 0.2) is 67.5 Å². The molecule has 1 atom stereocenters. The summed E-state index contributed by atoms with van der Waals surface area (Å²) in [5, 5.41) is 0. The van der Waals surface area contributed by atoms with Crippen molar-refractivity contribution >= 4 is 0 Å². The van der Waals surface area contributed by atoms with Crippen molar-refractivity contribution in [2.24, 2.45) is 0 Å². The van der Waals surface area contributed by atoms with Crippen LogP contribution in [0.5, 0.6) is 0 Å². The van der Waals surface area contributed by atoms with Crippen LogP contribution in [0, 0.1) is 0 Å². The molecule has 1 unspecified atom stereocenters. The minimum Gasteiger partial charge on any atom is -0.371 e. The van der Waals surface area contributed by atoms with E-state index in [1.807, 2.05) is 29.4 Å². The first-order chi connectivity index (χ1) is 11.9. The van der Waals surface area contributed by atoms with Gasteiger partial charge in [0.15, 0.2) is 0 Å². The third-order valence-corrected chi connectivity index (χ3v) is 4.35. The normalized spacial score (nSPS) is 18.6.